The largest absolute Gasteiger partial charge is 0.299 e. The third kappa shape index (κ3) is 2.97. The van der Waals surface area contributed by atoms with Gasteiger partial charge in [-0.05, 0) is 6.07 Å². The van der Waals surface area contributed by atoms with E-state index in [4.69, 9.17) is 0 Å². The van der Waals surface area contributed by atoms with Crippen molar-refractivity contribution in [2.24, 2.45) is 0 Å². The number of anilines is 1. The second kappa shape index (κ2) is 4.39. The number of hydrogen-bond acceptors (Lipinski definition) is 2. The van der Waals surface area contributed by atoms with Crippen LogP contribution in [0.2, 0.25) is 0 Å². The Kier molecular flexibility index (Phi) is 3.43. The Morgan fingerprint density at radius 2 is 2.29 bits per heavy atom. The first-order valence-electron chi connectivity index (χ1n) is 3.99. The molecule has 0 spiro atoms. The fourth-order valence-electron chi connectivity index (χ4n) is 0.866. The molecule has 2 N–H and O–H groups in total. The Hall–Kier alpha value is -1.14. The van der Waals surface area contributed by atoms with Crippen molar-refractivity contribution < 1.29 is 12.8 Å². The lowest BCUT2D eigenvalue weighted by Gasteiger charge is -2.07. The van der Waals surface area contributed by atoms with E-state index >= 15 is 0 Å². The zero-order valence-corrected chi connectivity index (χ0v) is 8.36. The summed E-state index contributed by atoms with van der Waals surface area (Å²) in [6, 6.07) is 6.42. The van der Waals surface area contributed by atoms with Gasteiger partial charge in [-0.25, -0.2) is 4.39 Å². The zero-order chi connectivity index (χ0) is 10.6. The maximum atomic E-state index is 12.9. The normalized spacial score (nSPS) is 11.3. The zero-order valence-electron chi connectivity index (χ0n) is 7.54. The van der Waals surface area contributed by atoms with Gasteiger partial charge in [0.2, 0.25) is 0 Å². The summed E-state index contributed by atoms with van der Waals surface area (Å²) in [5.41, 5.74) is -0.117. The molecule has 77 valence electrons. The molecule has 0 heterocycles. The van der Waals surface area contributed by atoms with Crippen molar-refractivity contribution in [2.45, 2.75) is 6.92 Å². The van der Waals surface area contributed by atoms with Crippen molar-refractivity contribution in [3.05, 3.63) is 30.1 Å². The molecule has 0 amide bonds. The van der Waals surface area contributed by atoms with Crippen LogP contribution in [0.3, 0.4) is 0 Å². The van der Waals surface area contributed by atoms with Gasteiger partial charge in [-0.1, -0.05) is 19.1 Å². The fourth-order valence-corrected chi connectivity index (χ4v) is 1.77. The molecule has 0 fully saturated rings. The lowest BCUT2D eigenvalue weighted by molar-refractivity contribution is 0.587. The highest BCUT2D eigenvalue weighted by Gasteiger charge is 2.10. The standard InChI is InChI=1S/C8H10FN2O2S/c1-2-10-14(12,13)11-8-6-4-3-5-7(8)9/h3-4,6,10-11H,2H2,1H3. The molecule has 0 aliphatic carbocycles. The van der Waals surface area contributed by atoms with E-state index in [1.54, 1.807) is 6.92 Å². The quantitative estimate of drug-likeness (QED) is 0.787. The number of rotatable bonds is 4. The Morgan fingerprint density at radius 1 is 1.57 bits per heavy atom. The molecule has 4 nitrogen and oxygen atoms in total. The van der Waals surface area contributed by atoms with Gasteiger partial charge in [-0.3, -0.25) is 4.72 Å². The van der Waals surface area contributed by atoms with Crippen LogP contribution in [0.1, 0.15) is 6.92 Å². The highest BCUT2D eigenvalue weighted by molar-refractivity contribution is 7.90. The molecule has 0 bridgehead atoms. The summed E-state index contributed by atoms with van der Waals surface area (Å²) in [7, 11) is -3.67. The Morgan fingerprint density at radius 3 is 2.86 bits per heavy atom. The van der Waals surface area contributed by atoms with Gasteiger partial charge in [0.05, 0.1) is 5.69 Å². The van der Waals surface area contributed by atoms with E-state index in [1.807, 2.05) is 4.72 Å². The SMILES string of the molecule is CCNS(=O)(=O)Nc1ccc[c]c1F. The predicted molar refractivity (Wildman–Crippen MR) is 51.5 cm³/mol. The molecule has 0 saturated carbocycles. The second-order valence-electron chi connectivity index (χ2n) is 2.50. The van der Waals surface area contributed by atoms with Crippen LogP contribution in [0.25, 0.3) is 0 Å². The first kappa shape index (κ1) is 10.9. The maximum Gasteiger partial charge on any atom is 0.299 e. The third-order valence-corrected chi connectivity index (χ3v) is 2.54. The van der Waals surface area contributed by atoms with Gasteiger partial charge in [-0.15, -0.1) is 0 Å². The fraction of sp³-hybridized carbons (Fsp3) is 0.250. The van der Waals surface area contributed by atoms with Gasteiger partial charge in [-0.2, -0.15) is 13.1 Å². The van der Waals surface area contributed by atoms with E-state index in [0.717, 1.165) is 0 Å². The van der Waals surface area contributed by atoms with E-state index in [2.05, 4.69) is 10.8 Å². The topological polar surface area (TPSA) is 58.2 Å². The minimum atomic E-state index is -3.67. The van der Waals surface area contributed by atoms with Crippen LogP contribution < -0.4 is 9.44 Å². The van der Waals surface area contributed by atoms with Crippen LogP contribution in [0.5, 0.6) is 0 Å². The number of hydrogen-bond donors (Lipinski definition) is 2. The minimum absolute atomic E-state index is 0.117. The minimum Gasteiger partial charge on any atom is -0.268 e. The molecule has 0 saturated heterocycles. The molecule has 6 heteroatoms. The van der Waals surface area contributed by atoms with Crippen LogP contribution in [0, 0.1) is 11.9 Å². The summed E-state index contributed by atoms with van der Waals surface area (Å²) in [6.07, 6.45) is 0. The summed E-state index contributed by atoms with van der Waals surface area (Å²) in [4.78, 5) is 0. The lowest BCUT2D eigenvalue weighted by Crippen LogP contribution is -2.30. The van der Waals surface area contributed by atoms with Gasteiger partial charge >= 0.3 is 0 Å². The van der Waals surface area contributed by atoms with E-state index in [9.17, 15) is 12.8 Å². The first-order valence-corrected chi connectivity index (χ1v) is 5.47. The summed E-state index contributed by atoms with van der Waals surface area (Å²) in [6.45, 7) is 1.88. The maximum absolute atomic E-state index is 12.9. The molecular weight excluding hydrogens is 207 g/mol. The van der Waals surface area contributed by atoms with Gasteiger partial charge in [0.1, 0.15) is 0 Å². The van der Waals surface area contributed by atoms with E-state index in [0.29, 0.717) is 0 Å². The van der Waals surface area contributed by atoms with Crippen molar-refractivity contribution in [3.8, 4) is 0 Å². The molecule has 0 aliphatic heterocycles. The van der Waals surface area contributed by atoms with Crippen molar-refractivity contribution in [2.75, 3.05) is 11.3 Å². The molecule has 1 aromatic carbocycles. The van der Waals surface area contributed by atoms with E-state index in [-0.39, 0.29) is 12.2 Å². The second-order valence-corrected chi connectivity index (χ2v) is 4.00. The van der Waals surface area contributed by atoms with Gasteiger partial charge in [0, 0.05) is 12.6 Å². The molecular formula is C8H10FN2O2S. The van der Waals surface area contributed by atoms with Crippen molar-refractivity contribution >= 4 is 15.9 Å². The monoisotopic (exact) mass is 217 g/mol. The summed E-state index contributed by atoms with van der Waals surface area (Å²) in [5.74, 6) is -0.728. The first-order chi connectivity index (χ1) is 6.55. The number of benzene rings is 1. The van der Waals surface area contributed by atoms with Crippen LogP contribution in [-0.4, -0.2) is 15.0 Å². The molecule has 0 aromatic heterocycles. The van der Waals surface area contributed by atoms with Crippen molar-refractivity contribution in [1.82, 2.24) is 4.72 Å². The van der Waals surface area contributed by atoms with E-state index < -0.39 is 16.0 Å². The van der Waals surface area contributed by atoms with Gasteiger partial charge in [0.15, 0.2) is 5.82 Å². The smallest absolute Gasteiger partial charge is 0.268 e. The molecule has 0 atom stereocenters. The van der Waals surface area contributed by atoms with Crippen molar-refractivity contribution in [3.63, 3.8) is 0 Å². The Labute approximate surface area is 82.3 Å². The van der Waals surface area contributed by atoms with Crippen LogP contribution in [0.4, 0.5) is 10.1 Å². The van der Waals surface area contributed by atoms with Gasteiger partial charge in [0.25, 0.3) is 10.2 Å². The Balaban J connectivity index is 2.84. The van der Waals surface area contributed by atoms with Crippen LogP contribution in [-0.2, 0) is 10.2 Å². The predicted octanol–water partition coefficient (Wildman–Crippen LogP) is 0.892. The highest BCUT2D eigenvalue weighted by atomic mass is 32.2. The Bertz CT molecular complexity index is 406. The molecule has 14 heavy (non-hydrogen) atoms. The summed E-state index contributed by atoms with van der Waals surface area (Å²) < 4.78 is 39.5. The lowest BCUT2D eigenvalue weighted by atomic mass is 10.3. The average Bonchev–Trinajstić information content (AvgIpc) is 2.08. The molecule has 0 aliphatic rings. The molecule has 1 rings (SSSR count). The van der Waals surface area contributed by atoms with Crippen LogP contribution in [0.15, 0.2) is 18.2 Å². The van der Waals surface area contributed by atoms with Crippen LogP contribution >= 0.6 is 0 Å². The van der Waals surface area contributed by atoms with Gasteiger partial charge < -0.3 is 0 Å². The summed E-state index contributed by atoms with van der Waals surface area (Å²) in [5, 5.41) is 0. The third-order valence-electron chi connectivity index (χ3n) is 1.38. The number of halogens is 1. The van der Waals surface area contributed by atoms with E-state index in [1.165, 1.54) is 18.2 Å². The summed E-state index contributed by atoms with van der Waals surface area (Å²) >= 11 is 0. The highest BCUT2D eigenvalue weighted by Crippen LogP contribution is 2.12. The molecule has 1 aromatic rings. The number of nitrogens with one attached hydrogen (secondary N) is 2. The average molecular weight is 217 g/mol. The molecule has 0 unspecified atom stereocenters. The van der Waals surface area contributed by atoms with Crippen molar-refractivity contribution in [1.29, 1.82) is 0 Å². The molecule has 1 radical (unpaired) electrons.